The zero-order valence-electron chi connectivity index (χ0n) is 8.56. The summed E-state index contributed by atoms with van der Waals surface area (Å²) in [5, 5.41) is 7.01. The second-order valence-electron chi connectivity index (χ2n) is 2.84. The monoisotopic (exact) mass is 263 g/mol. The summed E-state index contributed by atoms with van der Waals surface area (Å²) >= 11 is 1.57. The minimum absolute atomic E-state index is 0. The molecule has 1 rings (SSSR count). The maximum Gasteiger partial charge on any atom is 0.239 e. The number of nitrogens with one attached hydrogen (secondary N) is 2. The van der Waals surface area contributed by atoms with Gasteiger partial charge in [0.25, 0.3) is 0 Å². The van der Waals surface area contributed by atoms with Crippen LogP contribution in [0.15, 0.2) is 17.5 Å². The van der Waals surface area contributed by atoms with Crippen molar-refractivity contribution in [3.63, 3.8) is 0 Å². The molecule has 2 amide bonds. The molecule has 0 unspecified atom stereocenters. The van der Waals surface area contributed by atoms with Gasteiger partial charge in [-0.3, -0.25) is 9.59 Å². The zero-order valence-corrected chi connectivity index (χ0v) is 10.2. The summed E-state index contributed by atoms with van der Waals surface area (Å²) in [6.07, 6.45) is 0. The van der Waals surface area contributed by atoms with Crippen LogP contribution in [0, 0.1) is 0 Å². The molecule has 1 heterocycles. The van der Waals surface area contributed by atoms with Gasteiger partial charge in [-0.25, -0.2) is 0 Å². The SMILES string of the molecule is Cl.NCC(=O)NCC(=O)NCc1cccs1. The first kappa shape index (κ1) is 14.9. The molecule has 0 aliphatic carbocycles. The number of hydrogen-bond acceptors (Lipinski definition) is 4. The van der Waals surface area contributed by atoms with E-state index in [1.54, 1.807) is 11.3 Å². The van der Waals surface area contributed by atoms with Crippen LogP contribution in [-0.4, -0.2) is 24.9 Å². The average Bonchev–Trinajstić information content (AvgIpc) is 2.75. The Hall–Kier alpha value is -1.11. The molecule has 16 heavy (non-hydrogen) atoms. The Balaban J connectivity index is 0.00000225. The predicted molar refractivity (Wildman–Crippen MR) is 65.5 cm³/mol. The molecule has 0 aromatic carbocycles. The standard InChI is InChI=1S/C9H13N3O2S.ClH/c10-4-8(13)12-6-9(14)11-5-7-2-1-3-15-7;/h1-3H,4-6,10H2,(H,11,14)(H,12,13);1H. The number of thiophene rings is 1. The average molecular weight is 264 g/mol. The number of nitrogens with two attached hydrogens (primary N) is 1. The van der Waals surface area contributed by atoms with Crippen molar-refractivity contribution in [2.24, 2.45) is 5.73 Å². The van der Waals surface area contributed by atoms with Crippen molar-refractivity contribution in [1.82, 2.24) is 10.6 Å². The third kappa shape index (κ3) is 5.69. The molecule has 0 atom stereocenters. The fraction of sp³-hybridized carbons (Fsp3) is 0.333. The van der Waals surface area contributed by atoms with E-state index in [0.717, 1.165) is 4.88 Å². The van der Waals surface area contributed by atoms with Gasteiger partial charge in [-0.15, -0.1) is 23.7 Å². The second-order valence-corrected chi connectivity index (χ2v) is 3.87. The van der Waals surface area contributed by atoms with Crippen molar-refractivity contribution >= 4 is 35.6 Å². The molecule has 0 bridgehead atoms. The van der Waals surface area contributed by atoms with Crippen LogP contribution in [0.5, 0.6) is 0 Å². The molecule has 0 spiro atoms. The highest BCUT2D eigenvalue weighted by Gasteiger charge is 2.03. The van der Waals surface area contributed by atoms with E-state index < -0.39 is 0 Å². The van der Waals surface area contributed by atoms with E-state index in [4.69, 9.17) is 5.73 Å². The molecule has 90 valence electrons. The number of carbonyl (C=O) groups excluding carboxylic acids is 2. The van der Waals surface area contributed by atoms with Crippen LogP contribution in [0.2, 0.25) is 0 Å². The molecule has 0 radical (unpaired) electrons. The van der Waals surface area contributed by atoms with Crippen molar-refractivity contribution in [3.8, 4) is 0 Å². The summed E-state index contributed by atoms with van der Waals surface area (Å²) in [4.78, 5) is 23.0. The van der Waals surface area contributed by atoms with Gasteiger partial charge in [0.15, 0.2) is 0 Å². The van der Waals surface area contributed by atoms with E-state index in [-0.39, 0.29) is 37.3 Å². The van der Waals surface area contributed by atoms with E-state index in [1.165, 1.54) is 0 Å². The van der Waals surface area contributed by atoms with Gasteiger partial charge in [-0.1, -0.05) is 6.07 Å². The van der Waals surface area contributed by atoms with Crippen molar-refractivity contribution in [3.05, 3.63) is 22.4 Å². The third-order valence-electron chi connectivity index (χ3n) is 1.67. The Morgan fingerprint density at radius 1 is 1.31 bits per heavy atom. The van der Waals surface area contributed by atoms with Crippen LogP contribution >= 0.6 is 23.7 Å². The van der Waals surface area contributed by atoms with E-state index >= 15 is 0 Å². The summed E-state index contributed by atoms with van der Waals surface area (Å²) in [5.74, 6) is -0.550. The lowest BCUT2D eigenvalue weighted by atomic mass is 10.4. The Labute approximate surface area is 104 Å². The molecular formula is C9H14ClN3O2S. The Morgan fingerprint density at radius 3 is 2.62 bits per heavy atom. The minimum Gasteiger partial charge on any atom is -0.350 e. The summed E-state index contributed by atoms with van der Waals surface area (Å²) in [7, 11) is 0. The fourth-order valence-electron chi connectivity index (χ4n) is 0.912. The van der Waals surface area contributed by atoms with Gasteiger partial charge < -0.3 is 16.4 Å². The number of amides is 2. The van der Waals surface area contributed by atoms with E-state index in [9.17, 15) is 9.59 Å². The number of hydrogen-bond donors (Lipinski definition) is 3. The zero-order chi connectivity index (χ0) is 11.1. The highest BCUT2D eigenvalue weighted by molar-refractivity contribution is 7.09. The molecule has 4 N–H and O–H groups in total. The number of halogens is 1. The first-order chi connectivity index (χ1) is 7.22. The molecule has 0 fully saturated rings. The van der Waals surface area contributed by atoms with Gasteiger partial charge in [0.1, 0.15) is 0 Å². The van der Waals surface area contributed by atoms with Gasteiger partial charge in [0.05, 0.1) is 19.6 Å². The van der Waals surface area contributed by atoms with Crippen LogP contribution in [0.3, 0.4) is 0 Å². The first-order valence-electron chi connectivity index (χ1n) is 4.48. The van der Waals surface area contributed by atoms with Gasteiger partial charge in [-0.2, -0.15) is 0 Å². The minimum atomic E-state index is -0.332. The van der Waals surface area contributed by atoms with Crippen LogP contribution in [0.25, 0.3) is 0 Å². The van der Waals surface area contributed by atoms with Gasteiger partial charge in [0.2, 0.25) is 11.8 Å². The molecule has 1 aromatic heterocycles. The Morgan fingerprint density at radius 2 is 2.06 bits per heavy atom. The van der Waals surface area contributed by atoms with Crippen molar-refractivity contribution in [2.75, 3.05) is 13.1 Å². The largest absolute Gasteiger partial charge is 0.350 e. The normalized spacial score (nSPS) is 9.06. The van der Waals surface area contributed by atoms with Crippen LogP contribution < -0.4 is 16.4 Å². The second kappa shape index (κ2) is 8.09. The van der Waals surface area contributed by atoms with Gasteiger partial charge >= 0.3 is 0 Å². The lowest BCUT2D eigenvalue weighted by molar-refractivity contribution is -0.125. The maximum atomic E-state index is 11.2. The van der Waals surface area contributed by atoms with Crippen molar-refractivity contribution in [2.45, 2.75) is 6.54 Å². The topological polar surface area (TPSA) is 84.2 Å². The van der Waals surface area contributed by atoms with Crippen molar-refractivity contribution < 1.29 is 9.59 Å². The predicted octanol–water partition coefficient (Wildman–Crippen LogP) is -0.139. The molecule has 0 saturated carbocycles. The molecule has 0 aliphatic heterocycles. The molecule has 1 aromatic rings. The molecular weight excluding hydrogens is 250 g/mol. The molecule has 0 saturated heterocycles. The fourth-order valence-corrected chi connectivity index (χ4v) is 1.56. The third-order valence-corrected chi connectivity index (χ3v) is 2.55. The molecule has 0 aliphatic rings. The van der Waals surface area contributed by atoms with Crippen LogP contribution in [0.4, 0.5) is 0 Å². The van der Waals surface area contributed by atoms with E-state index in [0.29, 0.717) is 6.54 Å². The van der Waals surface area contributed by atoms with Crippen molar-refractivity contribution in [1.29, 1.82) is 0 Å². The lowest BCUT2D eigenvalue weighted by Gasteiger charge is -2.04. The van der Waals surface area contributed by atoms with Gasteiger partial charge in [0, 0.05) is 4.88 Å². The lowest BCUT2D eigenvalue weighted by Crippen LogP contribution is -2.39. The summed E-state index contributed by atoms with van der Waals surface area (Å²) < 4.78 is 0. The quantitative estimate of drug-likeness (QED) is 0.691. The smallest absolute Gasteiger partial charge is 0.239 e. The first-order valence-corrected chi connectivity index (χ1v) is 5.36. The summed E-state index contributed by atoms with van der Waals surface area (Å²) in [5.41, 5.74) is 5.07. The van der Waals surface area contributed by atoms with E-state index in [1.807, 2.05) is 17.5 Å². The molecule has 5 nitrogen and oxygen atoms in total. The van der Waals surface area contributed by atoms with Crippen LogP contribution in [0.1, 0.15) is 4.88 Å². The maximum absolute atomic E-state index is 11.2. The highest BCUT2D eigenvalue weighted by Crippen LogP contribution is 2.06. The summed E-state index contributed by atoms with van der Waals surface area (Å²) in [6, 6.07) is 3.85. The Bertz CT molecular complexity index is 330. The number of rotatable bonds is 5. The molecule has 7 heteroatoms. The van der Waals surface area contributed by atoms with Crippen LogP contribution in [-0.2, 0) is 16.1 Å². The van der Waals surface area contributed by atoms with Gasteiger partial charge in [-0.05, 0) is 11.4 Å². The van der Waals surface area contributed by atoms with E-state index in [2.05, 4.69) is 10.6 Å². The number of carbonyl (C=O) groups is 2. The Kier molecular flexibility index (Phi) is 7.53. The highest BCUT2D eigenvalue weighted by atomic mass is 35.5. The summed E-state index contributed by atoms with van der Waals surface area (Å²) in [6.45, 7) is 0.370.